The van der Waals surface area contributed by atoms with E-state index in [0.717, 1.165) is 5.56 Å². The van der Waals surface area contributed by atoms with Gasteiger partial charge in [0.1, 0.15) is 0 Å². The third-order valence-corrected chi connectivity index (χ3v) is 3.85. The van der Waals surface area contributed by atoms with E-state index in [1.54, 1.807) is 0 Å². The van der Waals surface area contributed by atoms with Crippen LogP contribution in [-0.2, 0) is 9.59 Å². The third-order valence-electron chi connectivity index (χ3n) is 2.94. The summed E-state index contributed by atoms with van der Waals surface area (Å²) >= 11 is 1.37. The second-order valence-electron chi connectivity index (χ2n) is 4.24. The SMILES string of the molecule is NC(CCN1C(=O)CSCC1=O)c1ccccc1. The van der Waals surface area contributed by atoms with Crippen LogP contribution < -0.4 is 5.73 Å². The average molecular weight is 264 g/mol. The highest BCUT2D eigenvalue weighted by molar-refractivity contribution is 8.00. The molecule has 0 aromatic heterocycles. The minimum Gasteiger partial charge on any atom is -0.324 e. The van der Waals surface area contributed by atoms with Crippen LogP contribution in [0, 0.1) is 0 Å². The number of nitrogens with two attached hydrogens (primary N) is 1. The largest absolute Gasteiger partial charge is 0.324 e. The molecule has 1 atom stereocenters. The van der Waals surface area contributed by atoms with Crippen molar-refractivity contribution in [2.75, 3.05) is 18.1 Å². The maximum atomic E-state index is 11.6. The Kier molecular flexibility index (Phi) is 4.38. The molecule has 2 amide bonds. The van der Waals surface area contributed by atoms with Crippen molar-refractivity contribution in [3.8, 4) is 0 Å². The monoisotopic (exact) mass is 264 g/mol. The highest BCUT2D eigenvalue weighted by Gasteiger charge is 2.26. The molecule has 1 heterocycles. The molecule has 18 heavy (non-hydrogen) atoms. The minimum atomic E-state index is -0.138. The summed E-state index contributed by atoms with van der Waals surface area (Å²) in [5.74, 6) is 0.589. The molecular formula is C13H16N2O2S. The van der Waals surface area contributed by atoms with Gasteiger partial charge in [-0.15, -0.1) is 11.8 Å². The molecule has 0 bridgehead atoms. The number of nitrogens with zero attached hydrogens (tertiary/aromatic N) is 1. The molecule has 1 saturated heterocycles. The summed E-state index contributed by atoms with van der Waals surface area (Å²) in [5.41, 5.74) is 7.08. The maximum Gasteiger partial charge on any atom is 0.239 e. The van der Waals surface area contributed by atoms with Crippen molar-refractivity contribution in [3.05, 3.63) is 35.9 Å². The van der Waals surface area contributed by atoms with Gasteiger partial charge in [-0.3, -0.25) is 14.5 Å². The lowest BCUT2D eigenvalue weighted by atomic mass is 10.0. The van der Waals surface area contributed by atoms with Crippen LogP contribution >= 0.6 is 11.8 Å². The van der Waals surface area contributed by atoms with Gasteiger partial charge in [0.2, 0.25) is 11.8 Å². The summed E-state index contributed by atoms with van der Waals surface area (Å²) in [7, 11) is 0. The van der Waals surface area contributed by atoms with Crippen LogP contribution in [0.5, 0.6) is 0 Å². The molecule has 5 heteroatoms. The van der Waals surface area contributed by atoms with Crippen molar-refractivity contribution in [3.63, 3.8) is 0 Å². The van der Waals surface area contributed by atoms with Gasteiger partial charge in [0, 0.05) is 12.6 Å². The van der Waals surface area contributed by atoms with E-state index >= 15 is 0 Å². The maximum absolute atomic E-state index is 11.6. The third kappa shape index (κ3) is 3.11. The highest BCUT2D eigenvalue weighted by atomic mass is 32.2. The van der Waals surface area contributed by atoms with E-state index in [-0.39, 0.29) is 17.9 Å². The smallest absolute Gasteiger partial charge is 0.239 e. The quantitative estimate of drug-likeness (QED) is 0.829. The molecule has 96 valence electrons. The van der Waals surface area contributed by atoms with Crippen molar-refractivity contribution in [2.45, 2.75) is 12.5 Å². The number of carbonyl (C=O) groups excluding carboxylic acids is 2. The Balaban J connectivity index is 1.91. The first-order valence-corrected chi connectivity index (χ1v) is 7.05. The Bertz CT molecular complexity index is 420. The first kappa shape index (κ1) is 13.1. The van der Waals surface area contributed by atoms with Gasteiger partial charge >= 0.3 is 0 Å². The summed E-state index contributed by atoms with van der Waals surface area (Å²) in [5, 5.41) is 0. The molecule has 0 radical (unpaired) electrons. The molecule has 0 saturated carbocycles. The van der Waals surface area contributed by atoms with E-state index in [2.05, 4.69) is 0 Å². The summed E-state index contributed by atoms with van der Waals surface area (Å²) in [6.07, 6.45) is 0.603. The zero-order valence-corrected chi connectivity index (χ0v) is 10.9. The normalized spacial score (nSPS) is 17.9. The Morgan fingerprint density at radius 2 is 1.78 bits per heavy atom. The predicted octanol–water partition coefficient (Wildman–Crippen LogP) is 1.18. The number of carbonyl (C=O) groups is 2. The zero-order chi connectivity index (χ0) is 13.0. The van der Waals surface area contributed by atoms with E-state index in [1.165, 1.54) is 16.7 Å². The summed E-state index contributed by atoms with van der Waals surface area (Å²) in [6, 6.07) is 9.58. The number of imide groups is 1. The molecular weight excluding hydrogens is 248 g/mol. The lowest BCUT2D eigenvalue weighted by Crippen LogP contribution is -2.44. The van der Waals surface area contributed by atoms with Gasteiger partial charge in [-0.2, -0.15) is 0 Å². The van der Waals surface area contributed by atoms with Crippen molar-refractivity contribution >= 4 is 23.6 Å². The van der Waals surface area contributed by atoms with Crippen LogP contribution in [0.3, 0.4) is 0 Å². The number of hydrogen-bond donors (Lipinski definition) is 1. The molecule has 1 fully saturated rings. The van der Waals surface area contributed by atoms with Gasteiger partial charge in [0.25, 0.3) is 0 Å². The Morgan fingerprint density at radius 3 is 2.39 bits per heavy atom. The van der Waals surface area contributed by atoms with Gasteiger partial charge in [0.15, 0.2) is 0 Å². The van der Waals surface area contributed by atoms with E-state index in [1.807, 2.05) is 30.3 Å². The van der Waals surface area contributed by atoms with E-state index in [9.17, 15) is 9.59 Å². The number of benzene rings is 1. The van der Waals surface area contributed by atoms with Gasteiger partial charge in [-0.1, -0.05) is 30.3 Å². The van der Waals surface area contributed by atoms with Crippen molar-refractivity contribution in [1.82, 2.24) is 4.90 Å². The molecule has 1 aromatic carbocycles. The molecule has 1 unspecified atom stereocenters. The standard InChI is InChI=1S/C13H16N2O2S/c14-11(10-4-2-1-3-5-10)6-7-15-12(16)8-18-9-13(15)17/h1-5,11H,6-9,14H2. The minimum absolute atomic E-state index is 0.100. The molecule has 2 rings (SSSR count). The number of thioether (sulfide) groups is 1. The molecule has 4 nitrogen and oxygen atoms in total. The molecule has 0 aliphatic carbocycles. The average Bonchev–Trinajstić information content (AvgIpc) is 2.39. The highest BCUT2D eigenvalue weighted by Crippen LogP contribution is 2.17. The summed E-state index contributed by atoms with van der Waals surface area (Å²) in [6.45, 7) is 0.411. The first-order valence-electron chi connectivity index (χ1n) is 5.90. The van der Waals surface area contributed by atoms with Crippen LogP contribution in [0.25, 0.3) is 0 Å². The zero-order valence-electron chi connectivity index (χ0n) is 10.0. The summed E-state index contributed by atoms with van der Waals surface area (Å²) < 4.78 is 0. The van der Waals surface area contributed by atoms with Gasteiger partial charge in [0.05, 0.1) is 11.5 Å². The fourth-order valence-corrected chi connectivity index (χ4v) is 2.67. The van der Waals surface area contributed by atoms with Gasteiger partial charge in [-0.25, -0.2) is 0 Å². The van der Waals surface area contributed by atoms with Gasteiger partial charge < -0.3 is 5.73 Å². The van der Waals surface area contributed by atoms with E-state index in [0.29, 0.717) is 24.5 Å². The molecule has 2 N–H and O–H groups in total. The number of hydrogen-bond acceptors (Lipinski definition) is 4. The van der Waals surface area contributed by atoms with Crippen LogP contribution in [0.2, 0.25) is 0 Å². The summed E-state index contributed by atoms with van der Waals surface area (Å²) in [4.78, 5) is 24.5. The Labute approximate surface area is 111 Å². The molecule has 1 aromatic rings. The fourth-order valence-electron chi connectivity index (χ4n) is 1.91. The molecule has 0 spiro atoms. The second-order valence-corrected chi connectivity index (χ2v) is 5.22. The number of amides is 2. The topological polar surface area (TPSA) is 63.4 Å². The predicted molar refractivity (Wildman–Crippen MR) is 72.0 cm³/mol. The lowest BCUT2D eigenvalue weighted by Gasteiger charge is -2.25. The van der Waals surface area contributed by atoms with Crippen LogP contribution in [0.1, 0.15) is 18.0 Å². The fraction of sp³-hybridized carbons (Fsp3) is 0.385. The second kappa shape index (κ2) is 6.02. The lowest BCUT2D eigenvalue weighted by molar-refractivity contribution is -0.142. The van der Waals surface area contributed by atoms with Crippen LogP contribution in [0.4, 0.5) is 0 Å². The number of rotatable bonds is 4. The van der Waals surface area contributed by atoms with Gasteiger partial charge in [-0.05, 0) is 12.0 Å². The van der Waals surface area contributed by atoms with Crippen LogP contribution in [0.15, 0.2) is 30.3 Å². The van der Waals surface area contributed by atoms with E-state index < -0.39 is 0 Å². The Hall–Kier alpha value is -1.33. The first-order chi connectivity index (χ1) is 8.68. The molecule has 1 aliphatic heterocycles. The van der Waals surface area contributed by atoms with Crippen LogP contribution in [-0.4, -0.2) is 34.8 Å². The molecule has 1 aliphatic rings. The van der Waals surface area contributed by atoms with E-state index in [4.69, 9.17) is 5.73 Å². The van der Waals surface area contributed by atoms with Crippen molar-refractivity contribution < 1.29 is 9.59 Å². The van der Waals surface area contributed by atoms with Crippen molar-refractivity contribution in [2.24, 2.45) is 5.73 Å². The van der Waals surface area contributed by atoms with Crippen molar-refractivity contribution in [1.29, 1.82) is 0 Å². The Morgan fingerprint density at radius 1 is 1.17 bits per heavy atom.